The minimum absolute atomic E-state index is 0.234. The third-order valence-electron chi connectivity index (χ3n) is 11.0. The summed E-state index contributed by atoms with van der Waals surface area (Å²) in [6, 6.07) is 39.1. The van der Waals surface area contributed by atoms with Crippen molar-refractivity contribution in [2.75, 3.05) is 5.32 Å². The van der Waals surface area contributed by atoms with Crippen LogP contribution in [0.1, 0.15) is 58.4 Å². The second-order valence-corrected chi connectivity index (χ2v) is 15.1. The SMILES string of the molecule is O=C(Nc1ccc2c(c1-c1c(Op3oc4ccc5ccccc5c4c4c(ccc5ccccc54)o3)ccc3c1CCCC3)CCCC2)c1ccccn1. The molecule has 0 atom stereocenters. The molecule has 2 aliphatic carbocycles. The van der Waals surface area contributed by atoms with E-state index in [4.69, 9.17) is 12.9 Å². The molecule has 8 aromatic rings. The van der Waals surface area contributed by atoms with Gasteiger partial charge in [-0.05, 0) is 132 Å². The fourth-order valence-electron chi connectivity index (χ4n) is 8.53. The van der Waals surface area contributed by atoms with E-state index in [2.05, 4.69) is 95.2 Å². The summed E-state index contributed by atoms with van der Waals surface area (Å²) in [5.41, 5.74) is 9.91. The highest BCUT2D eigenvalue weighted by Gasteiger charge is 2.28. The van der Waals surface area contributed by atoms with Gasteiger partial charge in [0.1, 0.15) is 22.6 Å². The van der Waals surface area contributed by atoms with E-state index in [-0.39, 0.29) is 5.91 Å². The summed E-state index contributed by atoms with van der Waals surface area (Å²) in [7, 11) is -1.95. The number of aromatic nitrogens is 1. The topological polar surface area (TPSA) is 77.5 Å². The van der Waals surface area contributed by atoms with Crippen molar-refractivity contribution < 1.29 is 17.7 Å². The number of aryl methyl sites for hydroxylation is 2. The molecule has 2 aromatic heterocycles. The highest BCUT2D eigenvalue weighted by molar-refractivity contribution is 7.32. The highest BCUT2D eigenvalue weighted by Crippen LogP contribution is 2.49. The molecule has 0 unspecified atom stereocenters. The lowest BCUT2D eigenvalue weighted by Gasteiger charge is -2.27. The lowest BCUT2D eigenvalue weighted by molar-refractivity contribution is 0.102. The van der Waals surface area contributed by atoms with Crippen LogP contribution in [0, 0.1) is 0 Å². The van der Waals surface area contributed by atoms with Gasteiger partial charge in [0.05, 0.1) is 0 Å². The Bertz CT molecular complexity index is 2680. The van der Waals surface area contributed by atoms with Gasteiger partial charge in [-0.25, -0.2) is 0 Å². The number of fused-ring (bicyclic) bond motifs is 9. The molecule has 2 aliphatic rings. The number of pyridine rings is 1. The molecule has 6 aromatic carbocycles. The third-order valence-corrected chi connectivity index (χ3v) is 12.0. The van der Waals surface area contributed by atoms with Crippen LogP contribution in [0.2, 0.25) is 0 Å². The molecular formula is C46H37N2O4P. The van der Waals surface area contributed by atoms with Gasteiger partial charge in [-0.3, -0.25) is 9.78 Å². The highest BCUT2D eigenvalue weighted by atomic mass is 31.1. The first-order chi connectivity index (χ1) is 26.2. The fourth-order valence-corrected chi connectivity index (χ4v) is 9.58. The van der Waals surface area contributed by atoms with Crippen molar-refractivity contribution in [3.8, 4) is 16.9 Å². The van der Waals surface area contributed by atoms with Gasteiger partial charge in [-0.15, -0.1) is 0 Å². The van der Waals surface area contributed by atoms with Crippen LogP contribution in [0.25, 0.3) is 54.6 Å². The van der Waals surface area contributed by atoms with Crippen LogP contribution in [0.15, 0.2) is 130 Å². The molecule has 2 heterocycles. The molecule has 1 N–H and O–H groups in total. The summed E-state index contributed by atoms with van der Waals surface area (Å²) >= 11 is 0. The zero-order chi connectivity index (χ0) is 35.3. The molecule has 0 bridgehead atoms. The van der Waals surface area contributed by atoms with Crippen molar-refractivity contribution in [2.45, 2.75) is 51.4 Å². The van der Waals surface area contributed by atoms with Gasteiger partial charge in [0.25, 0.3) is 5.91 Å². The number of amides is 1. The maximum atomic E-state index is 13.7. The summed E-state index contributed by atoms with van der Waals surface area (Å²) < 4.78 is 20.7. The summed E-state index contributed by atoms with van der Waals surface area (Å²) in [5, 5.41) is 9.74. The molecule has 10 rings (SSSR count). The average Bonchev–Trinajstić information content (AvgIpc) is 3.38. The summed E-state index contributed by atoms with van der Waals surface area (Å²) in [6.07, 6.45) is 10.0. The van der Waals surface area contributed by atoms with Gasteiger partial charge in [-0.1, -0.05) is 78.9 Å². The summed E-state index contributed by atoms with van der Waals surface area (Å²) in [6.45, 7) is 0. The van der Waals surface area contributed by atoms with E-state index in [0.717, 1.165) is 112 Å². The Morgan fingerprint density at radius 3 is 1.83 bits per heavy atom. The first-order valence-electron chi connectivity index (χ1n) is 18.6. The Labute approximate surface area is 308 Å². The van der Waals surface area contributed by atoms with Crippen LogP contribution in [0.3, 0.4) is 0 Å². The maximum absolute atomic E-state index is 13.7. The Balaban J connectivity index is 1.22. The smallest absolute Gasteiger partial charge is 0.390 e. The van der Waals surface area contributed by atoms with Crippen molar-refractivity contribution in [3.05, 3.63) is 149 Å². The standard InChI is InChI=1S/C46H37N2O4P/c49-46(38-19-9-10-28-47-38)48-37-24-20-29-11-1-5-15-33(29)42(37)43-34-16-6-2-12-30(34)21-25-39(43)50-53-51-40-26-22-31-13-3-7-17-35(31)44(40)45-36-18-8-4-14-32(36)23-27-41(45)52-53/h3-4,7-10,13-14,17-28H,1-2,5-6,11-12,15-16H2,(H,48,49). The molecule has 0 saturated heterocycles. The van der Waals surface area contributed by atoms with E-state index < -0.39 is 8.24 Å². The lowest BCUT2D eigenvalue weighted by atomic mass is 9.80. The fraction of sp³-hybridized carbons (Fsp3) is 0.174. The number of nitrogens with one attached hydrogen (secondary N) is 1. The van der Waals surface area contributed by atoms with E-state index in [1.165, 1.54) is 22.3 Å². The number of carbonyl (C=O) groups is 1. The van der Waals surface area contributed by atoms with Crippen molar-refractivity contribution in [1.29, 1.82) is 0 Å². The predicted octanol–water partition coefficient (Wildman–Crippen LogP) is 12.5. The van der Waals surface area contributed by atoms with Crippen LogP contribution in [-0.2, 0) is 25.7 Å². The quantitative estimate of drug-likeness (QED) is 0.192. The predicted molar refractivity (Wildman–Crippen MR) is 215 cm³/mol. The van der Waals surface area contributed by atoms with Gasteiger partial charge >= 0.3 is 8.24 Å². The maximum Gasteiger partial charge on any atom is 0.453 e. The molecule has 53 heavy (non-hydrogen) atoms. The van der Waals surface area contributed by atoms with Gasteiger partial charge in [0.2, 0.25) is 0 Å². The van der Waals surface area contributed by atoms with Crippen LogP contribution >= 0.6 is 8.24 Å². The zero-order valence-electron chi connectivity index (χ0n) is 29.2. The Kier molecular flexibility index (Phi) is 7.99. The molecule has 7 heteroatoms. The number of benzene rings is 6. The number of anilines is 1. The van der Waals surface area contributed by atoms with Crippen molar-refractivity contribution >= 4 is 63.3 Å². The first kappa shape index (κ1) is 31.9. The number of rotatable bonds is 5. The van der Waals surface area contributed by atoms with Crippen LogP contribution in [0.4, 0.5) is 5.69 Å². The largest absolute Gasteiger partial charge is 0.453 e. The average molecular weight is 713 g/mol. The summed E-state index contributed by atoms with van der Waals surface area (Å²) in [5.74, 6) is 0.470. The molecule has 1 amide bonds. The number of hydrogen-bond donors (Lipinski definition) is 1. The number of carbonyl (C=O) groups excluding carboxylic acids is 1. The van der Waals surface area contributed by atoms with Crippen molar-refractivity contribution in [2.24, 2.45) is 0 Å². The molecule has 6 nitrogen and oxygen atoms in total. The van der Waals surface area contributed by atoms with E-state index in [0.29, 0.717) is 11.4 Å². The van der Waals surface area contributed by atoms with E-state index in [1.54, 1.807) is 12.3 Å². The molecule has 0 saturated carbocycles. The second kappa shape index (κ2) is 13.3. The minimum Gasteiger partial charge on any atom is -0.390 e. The van der Waals surface area contributed by atoms with Crippen LogP contribution < -0.4 is 9.84 Å². The third kappa shape index (κ3) is 5.66. The Hall–Kier alpha value is -5.84. The Morgan fingerprint density at radius 2 is 1.19 bits per heavy atom. The van der Waals surface area contributed by atoms with Crippen LogP contribution in [-0.4, -0.2) is 10.9 Å². The molecule has 0 fully saturated rings. The Morgan fingerprint density at radius 1 is 0.604 bits per heavy atom. The molecule has 0 spiro atoms. The minimum atomic E-state index is -1.95. The monoisotopic (exact) mass is 712 g/mol. The van der Waals surface area contributed by atoms with Crippen LogP contribution in [0.5, 0.6) is 5.75 Å². The lowest BCUT2D eigenvalue weighted by Crippen LogP contribution is -2.16. The molecular weight excluding hydrogens is 675 g/mol. The van der Waals surface area contributed by atoms with Crippen molar-refractivity contribution in [3.63, 3.8) is 0 Å². The van der Waals surface area contributed by atoms with E-state index in [9.17, 15) is 4.79 Å². The summed E-state index contributed by atoms with van der Waals surface area (Å²) in [4.78, 5) is 18.0. The van der Waals surface area contributed by atoms with Gasteiger partial charge < -0.3 is 18.2 Å². The van der Waals surface area contributed by atoms with Gasteiger partial charge in [0, 0.05) is 33.8 Å². The van der Waals surface area contributed by atoms with Crippen molar-refractivity contribution in [1.82, 2.24) is 4.98 Å². The molecule has 0 radical (unpaired) electrons. The zero-order valence-corrected chi connectivity index (χ0v) is 30.1. The molecule has 0 aliphatic heterocycles. The first-order valence-corrected chi connectivity index (χ1v) is 19.7. The molecule has 260 valence electrons. The number of nitrogens with zero attached hydrogens (tertiary/aromatic N) is 1. The van der Waals surface area contributed by atoms with Gasteiger partial charge in [0.15, 0.2) is 0 Å². The normalized spacial score (nSPS) is 13.9. The van der Waals surface area contributed by atoms with E-state index >= 15 is 0 Å². The second-order valence-electron chi connectivity index (χ2n) is 14.1. The van der Waals surface area contributed by atoms with E-state index in [1.807, 2.05) is 24.3 Å². The number of hydrogen-bond acceptors (Lipinski definition) is 5. The van der Waals surface area contributed by atoms with Gasteiger partial charge in [-0.2, -0.15) is 0 Å².